The Balaban J connectivity index is 2.79. The average Bonchev–Trinajstić information content (AvgIpc) is 2.72. The minimum absolute atomic E-state index is 0.0107. The quantitative estimate of drug-likeness (QED) is 0.850. The number of hydrogen-bond acceptors (Lipinski definition) is 3. The van der Waals surface area contributed by atoms with E-state index in [1.165, 1.54) is 7.11 Å². The van der Waals surface area contributed by atoms with E-state index in [-0.39, 0.29) is 17.9 Å². The van der Waals surface area contributed by atoms with Crippen LogP contribution in [0.4, 0.5) is 4.79 Å². The summed E-state index contributed by atoms with van der Waals surface area (Å²) < 4.78 is 4.62. The third-order valence-corrected chi connectivity index (χ3v) is 4.00. The summed E-state index contributed by atoms with van der Waals surface area (Å²) in [6.07, 6.45) is 1.31. The van der Waals surface area contributed by atoms with E-state index in [0.717, 1.165) is 19.4 Å². The fraction of sp³-hybridized carbons (Fsp3) is 0.857. The zero-order valence-corrected chi connectivity index (χ0v) is 12.6. The molecule has 1 rings (SSSR count). The summed E-state index contributed by atoms with van der Waals surface area (Å²) in [5.74, 6) is 0.626. The van der Waals surface area contributed by atoms with E-state index < -0.39 is 12.1 Å². The number of hydrogen-bond donors (Lipinski definition) is 1. The monoisotopic (exact) mass is 270 g/mol. The maximum atomic E-state index is 12.6. The van der Waals surface area contributed by atoms with Gasteiger partial charge in [0.1, 0.15) is 6.04 Å². The van der Waals surface area contributed by atoms with Crippen molar-refractivity contribution in [3.63, 3.8) is 0 Å². The summed E-state index contributed by atoms with van der Waals surface area (Å²) in [6.45, 7) is 8.97. The summed E-state index contributed by atoms with van der Waals surface area (Å²) in [4.78, 5) is 25.9. The van der Waals surface area contributed by atoms with E-state index in [1.807, 2.05) is 18.7 Å². The fourth-order valence-electron chi connectivity index (χ4n) is 2.65. The van der Waals surface area contributed by atoms with Gasteiger partial charge in [0.05, 0.1) is 7.11 Å². The number of methoxy groups -OCH3 is 1. The molecule has 5 nitrogen and oxygen atoms in total. The molecule has 0 saturated carbocycles. The van der Waals surface area contributed by atoms with Crippen molar-refractivity contribution >= 4 is 12.0 Å². The van der Waals surface area contributed by atoms with Crippen LogP contribution in [0, 0.1) is 11.8 Å². The lowest BCUT2D eigenvalue weighted by Crippen LogP contribution is -2.52. The summed E-state index contributed by atoms with van der Waals surface area (Å²) >= 11 is 0. The molecule has 0 aromatic rings. The van der Waals surface area contributed by atoms with Crippen molar-refractivity contribution in [1.29, 1.82) is 0 Å². The van der Waals surface area contributed by atoms with Gasteiger partial charge in [-0.3, -0.25) is 4.79 Å². The summed E-state index contributed by atoms with van der Waals surface area (Å²) in [6, 6.07) is -0.251. The largest absolute Gasteiger partial charge is 0.453 e. The smallest absolute Gasteiger partial charge is 0.407 e. The topological polar surface area (TPSA) is 58.6 Å². The molecule has 1 fully saturated rings. The van der Waals surface area contributed by atoms with Crippen LogP contribution in [0.1, 0.15) is 40.5 Å². The number of nitrogens with zero attached hydrogens (tertiary/aromatic N) is 1. The molecule has 1 heterocycles. The molecule has 4 atom stereocenters. The Bertz CT molecular complexity index is 333. The number of amides is 2. The van der Waals surface area contributed by atoms with Crippen LogP contribution in [0.2, 0.25) is 0 Å². The highest BCUT2D eigenvalue weighted by molar-refractivity contribution is 5.86. The molecule has 1 aliphatic heterocycles. The molecular formula is C14H26N2O3. The maximum Gasteiger partial charge on any atom is 0.407 e. The maximum absolute atomic E-state index is 12.6. The number of ether oxygens (including phenoxy) is 1. The van der Waals surface area contributed by atoms with Gasteiger partial charge in [-0.15, -0.1) is 0 Å². The minimum Gasteiger partial charge on any atom is -0.453 e. The van der Waals surface area contributed by atoms with Crippen molar-refractivity contribution in [1.82, 2.24) is 10.2 Å². The van der Waals surface area contributed by atoms with E-state index in [1.54, 1.807) is 0 Å². The molecule has 0 aliphatic carbocycles. The molecule has 4 unspecified atom stereocenters. The summed E-state index contributed by atoms with van der Waals surface area (Å²) in [5, 5.41) is 2.68. The SMILES string of the molecule is CCC(C)C(NC(=O)OC)C(=O)N1CC(C)CC1C. The molecule has 2 amide bonds. The number of carbonyl (C=O) groups excluding carboxylic acids is 2. The van der Waals surface area contributed by atoms with Crippen LogP contribution >= 0.6 is 0 Å². The second kappa shape index (κ2) is 6.78. The molecular weight excluding hydrogens is 244 g/mol. The number of rotatable bonds is 4. The van der Waals surface area contributed by atoms with E-state index in [0.29, 0.717) is 5.92 Å². The average molecular weight is 270 g/mol. The van der Waals surface area contributed by atoms with Gasteiger partial charge >= 0.3 is 6.09 Å². The van der Waals surface area contributed by atoms with Crippen LogP contribution in [0.5, 0.6) is 0 Å². The van der Waals surface area contributed by atoms with Crippen molar-refractivity contribution in [2.75, 3.05) is 13.7 Å². The number of nitrogens with one attached hydrogen (secondary N) is 1. The molecule has 110 valence electrons. The van der Waals surface area contributed by atoms with Gasteiger partial charge in [0.25, 0.3) is 0 Å². The Morgan fingerprint density at radius 3 is 2.47 bits per heavy atom. The normalized spacial score (nSPS) is 25.8. The van der Waals surface area contributed by atoms with Crippen molar-refractivity contribution < 1.29 is 14.3 Å². The Kier molecular flexibility index (Phi) is 5.63. The first-order valence-electron chi connectivity index (χ1n) is 7.05. The number of carbonyl (C=O) groups is 2. The summed E-state index contributed by atoms with van der Waals surface area (Å²) in [5.41, 5.74) is 0. The number of likely N-dealkylation sites (tertiary alicyclic amines) is 1. The van der Waals surface area contributed by atoms with Crippen LogP contribution in [0.15, 0.2) is 0 Å². The molecule has 19 heavy (non-hydrogen) atoms. The van der Waals surface area contributed by atoms with E-state index >= 15 is 0 Å². The highest BCUT2D eigenvalue weighted by Crippen LogP contribution is 2.24. The Hall–Kier alpha value is -1.26. The fourth-order valence-corrected chi connectivity index (χ4v) is 2.65. The van der Waals surface area contributed by atoms with Crippen LogP contribution in [0.25, 0.3) is 0 Å². The molecule has 1 saturated heterocycles. The van der Waals surface area contributed by atoms with Gasteiger partial charge in [-0.2, -0.15) is 0 Å². The second-order valence-electron chi connectivity index (χ2n) is 5.68. The molecule has 0 aromatic heterocycles. The van der Waals surface area contributed by atoms with Crippen molar-refractivity contribution in [2.45, 2.75) is 52.6 Å². The summed E-state index contributed by atoms with van der Waals surface area (Å²) in [7, 11) is 1.31. The van der Waals surface area contributed by atoms with Crippen LogP contribution in [0.3, 0.4) is 0 Å². The Morgan fingerprint density at radius 2 is 2.05 bits per heavy atom. The minimum atomic E-state index is -0.543. The first kappa shape index (κ1) is 15.8. The lowest BCUT2D eigenvalue weighted by molar-refractivity contribution is -0.135. The first-order chi connectivity index (χ1) is 8.90. The molecule has 0 aromatic carbocycles. The van der Waals surface area contributed by atoms with Crippen LogP contribution in [-0.2, 0) is 9.53 Å². The highest BCUT2D eigenvalue weighted by Gasteiger charge is 2.36. The Morgan fingerprint density at radius 1 is 1.42 bits per heavy atom. The van der Waals surface area contributed by atoms with E-state index in [4.69, 9.17) is 0 Å². The van der Waals surface area contributed by atoms with Crippen molar-refractivity contribution in [3.8, 4) is 0 Å². The third kappa shape index (κ3) is 3.85. The lowest BCUT2D eigenvalue weighted by Gasteiger charge is -2.30. The molecule has 1 aliphatic rings. The predicted octanol–water partition coefficient (Wildman–Crippen LogP) is 2.01. The molecule has 0 radical (unpaired) electrons. The van der Waals surface area contributed by atoms with Gasteiger partial charge in [0.15, 0.2) is 0 Å². The zero-order chi connectivity index (χ0) is 14.6. The molecule has 0 bridgehead atoms. The van der Waals surface area contributed by atoms with Gasteiger partial charge in [-0.25, -0.2) is 4.79 Å². The number of alkyl carbamates (subject to hydrolysis) is 1. The molecule has 0 spiro atoms. The first-order valence-corrected chi connectivity index (χ1v) is 7.05. The Labute approximate surface area is 115 Å². The van der Waals surface area contributed by atoms with Gasteiger partial charge in [-0.1, -0.05) is 27.2 Å². The highest BCUT2D eigenvalue weighted by atomic mass is 16.5. The van der Waals surface area contributed by atoms with Gasteiger partial charge < -0.3 is 15.0 Å². The van der Waals surface area contributed by atoms with Crippen molar-refractivity contribution in [3.05, 3.63) is 0 Å². The molecule has 1 N–H and O–H groups in total. The van der Waals surface area contributed by atoms with Gasteiger partial charge in [-0.05, 0) is 25.2 Å². The van der Waals surface area contributed by atoms with Gasteiger partial charge in [0.2, 0.25) is 5.91 Å². The standard InChI is InChI=1S/C14H26N2O3/c1-6-10(3)12(15-14(18)19-5)13(17)16-8-9(2)7-11(16)4/h9-12H,6-8H2,1-5H3,(H,15,18). The predicted molar refractivity (Wildman–Crippen MR) is 73.7 cm³/mol. The lowest BCUT2D eigenvalue weighted by atomic mass is 9.97. The zero-order valence-electron chi connectivity index (χ0n) is 12.6. The second-order valence-corrected chi connectivity index (χ2v) is 5.68. The van der Waals surface area contributed by atoms with Crippen LogP contribution < -0.4 is 5.32 Å². The van der Waals surface area contributed by atoms with E-state index in [9.17, 15) is 9.59 Å². The van der Waals surface area contributed by atoms with Gasteiger partial charge in [0, 0.05) is 12.6 Å². The third-order valence-electron chi connectivity index (χ3n) is 4.00. The van der Waals surface area contributed by atoms with E-state index in [2.05, 4.69) is 23.9 Å². The van der Waals surface area contributed by atoms with Crippen LogP contribution in [-0.4, -0.2) is 42.6 Å². The molecule has 5 heteroatoms. The van der Waals surface area contributed by atoms with Crippen molar-refractivity contribution in [2.24, 2.45) is 11.8 Å².